The van der Waals surface area contributed by atoms with Crippen LogP contribution in [0.4, 0.5) is 0 Å². The van der Waals surface area contributed by atoms with E-state index < -0.39 is 30.0 Å². The van der Waals surface area contributed by atoms with Crippen LogP contribution in [-0.4, -0.2) is 93.8 Å². The molecule has 37 heavy (non-hydrogen) atoms. The molecule has 10 nitrogen and oxygen atoms in total. The van der Waals surface area contributed by atoms with Crippen molar-refractivity contribution in [2.45, 2.75) is 50.5 Å². The lowest BCUT2D eigenvalue weighted by atomic mass is 9.92. The largest absolute Gasteiger partial charge is 0.480 e. The zero-order valence-electron chi connectivity index (χ0n) is 21.1. The minimum atomic E-state index is -1.11. The highest BCUT2D eigenvalue weighted by atomic mass is 32.2. The van der Waals surface area contributed by atoms with Gasteiger partial charge in [0.15, 0.2) is 0 Å². The summed E-state index contributed by atoms with van der Waals surface area (Å²) >= 11 is 7.09. The molecule has 206 valence electrons. The highest BCUT2D eigenvalue weighted by molar-refractivity contribution is 7.99. The first-order valence-electron chi connectivity index (χ1n) is 12.0. The number of thiol groups is 1. The Labute approximate surface area is 232 Å². The normalized spacial score (nSPS) is 17.3. The van der Waals surface area contributed by atoms with E-state index in [1.807, 2.05) is 30.5 Å². The van der Waals surface area contributed by atoms with Crippen LogP contribution in [0.3, 0.4) is 0 Å². The lowest BCUT2D eigenvalue weighted by Crippen LogP contribution is -2.60. The molecule has 0 radical (unpaired) electrons. The topological polar surface area (TPSA) is 154 Å². The average Bonchev–Trinajstić information content (AvgIpc) is 2.88. The molecular formula is C24H37N5O5S3. The van der Waals surface area contributed by atoms with Gasteiger partial charge in [0.1, 0.15) is 12.1 Å². The molecule has 0 spiro atoms. The van der Waals surface area contributed by atoms with E-state index in [0.717, 1.165) is 11.1 Å². The number of nitrogens with two attached hydrogens (primary N) is 1. The highest BCUT2D eigenvalue weighted by Gasteiger charge is 2.38. The van der Waals surface area contributed by atoms with Gasteiger partial charge in [-0.05, 0) is 29.6 Å². The Morgan fingerprint density at radius 2 is 1.92 bits per heavy atom. The van der Waals surface area contributed by atoms with Gasteiger partial charge >= 0.3 is 5.97 Å². The summed E-state index contributed by atoms with van der Waals surface area (Å²) in [6.07, 6.45) is 2.44. The van der Waals surface area contributed by atoms with Crippen molar-refractivity contribution >= 4 is 59.8 Å². The van der Waals surface area contributed by atoms with Gasteiger partial charge in [-0.2, -0.15) is 24.4 Å². The molecule has 2 rings (SSSR count). The van der Waals surface area contributed by atoms with Gasteiger partial charge in [-0.15, -0.1) is 11.8 Å². The third kappa shape index (κ3) is 10.0. The molecule has 0 fully saturated rings. The number of nitrogens with zero attached hydrogens (tertiary/aromatic N) is 1. The maximum atomic E-state index is 13.8. The molecule has 1 heterocycles. The Morgan fingerprint density at radius 3 is 2.54 bits per heavy atom. The molecule has 0 aromatic heterocycles. The second-order valence-electron chi connectivity index (χ2n) is 8.79. The molecule has 0 aliphatic carbocycles. The minimum Gasteiger partial charge on any atom is -0.480 e. The summed E-state index contributed by atoms with van der Waals surface area (Å²) in [5, 5.41) is 18.2. The molecule has 1 unspecified atom stereocenters. The quantitative estimate of drug-likeness (QED) is 0.0991. The second kappa shape index (κ2) is 16.1. The number of carboxylic acids is 1. The Kier molecular flexibility index (Phi) is 13.6. The number of amides is 3. The van der Waals surface area contributed by atoms with Crippen molar-refractivity contribution in [1.82, 2.24) is 20.9 Å². The van der Waals surface area contributed by atoms with Crippen molar-refractivity contribution < 1.29 is 24.3 Å². The number of rotatable bonds is 15. The van der Waals surface area contributed by atoms with Gasteiger partial charge in [-0.25, -0.2) is 4.79 Å². The number of carboxylic acid groups (broad SMARTS) is 1. The van der Waals surface area contributed by atoms with Crippen LogP contribution in [0.1, 0.15) is 24.5 Å². The SMILES string of the molecule is CSCC[C@H](NC(=O)[C@@H]1Cc2ccccc2CN1C(=O)[C@H](CSCNC(C)=O)NCC(N)CS)C(=O)O. The van der Waals surface area contributed by atoms with Gasteiger partial charge in [0.25, 0.3) is 0 Å². The lowest BCUT2D eigenvalue weighted by molar-refractivity contribution is -0.146. The number of carbonyl (C=O) groups excluding carboxylic acids is 3. The van der Waals surface area contributed by atoms with Crippen molar-refractivity contribution in [2.24, 2.45) is 5.73 Å². The zero-order valence-corrected chi connectivity index (χ0v) is 23.7. The van der Waals surface area contributed by atoms with E-state index in [9.17, 15) is 24.3 Å². The summed E-state index contributed by atoms with van der Waals surface area (Å²) in [5.74, 6) is -0.359. The van der Waals surface area contributed by atoms with Crippen molar-refractivity contribution in [1.29, 1.82) is 0 Å². The van der Waals surface area contributed by atoms with E-state index in [1.54, 1.807) is 0 Å². The number of benzene rings is 1. The summed E-state index contributed by atoms with van der Waals surface area (Å²) in [7, 11) is 0. The summed E-state index contributed by atoms with van der Waals surface area (Å²) in [6, 6.07) is 4.77. The molecule has 1 aromatic carbocycles. The average molecular weight is 572 g/mol. The van der Waals surface area contributed by atoms with Gasteiger partial charge in [0.2, 0.25) is 17.7 Å². The second-order valence-corrected chi connectivity index (χ2v) is 11.2. The van der Waals surface area contributed by atoms with Gasteiger partial charge in [-0.3, -0.25) is 14.4 Å². The number of hydrogen-bond donors (Lipinski definition) is 6. The fourth-order valence-electron chi connectivity index (χ4n) is 3.86. The van der Waals surface area contributed by atoms with E-state index >= 15 is 0 Å². The number of fused-ring (bicyclic) bond motifs is 1. The molecule has 1 aliphatic rings. The third-order valence-corrected chi connectivity index (χ3v) is 7.96. The Bertz CT molecular complexity index is 938. The number of carbonyl (C=O) groups is 4. The molecule has 1 aliphatic heterocycles. The molecule has 3 amide bonds. The fraction of sp³-hybridized carbons (Fsp3) is 0.583. The molecule has 6 N–H and O–H groups in total. The molecule has 0 bridgehead atoms. The van der Waals surface area contributed by atoms with Crippen LogP contribution in [0.5, 0.6) is 0 Å². The van der Waals surface area contributed by atoms with Gasteiger partial charge in [0.05, 0.1) is 11.9 Å². The smallest absolute Gasteiger partial charge is 0.326 e. The first kappa shape index (κ1) is 31.3. The minimum absolute atomic E-state index is 0.167. The Hall–Kier alpha value is -1.93. The van der Waals surface area contributed by atoms with Crippen LogP contribution in [0.15, 0.2) is 24.3 Å². The van der Waals surface area contributed by atoms with Crippen molar-refractivity contribution in [3.63, 3.8) is 0 Å². The van der Waals surface area contributed by atoms with Gasteiger partial charge in [-0.1, -0.05) is 24.3 Å². The summed E-state index contributed by atoms with van der Waals surface area (Å²) in [6.45, 7) is 1.99. The Balaban J connectivity index is 2.28. The van der Waals surface area contributed by atoms with Crippen LogP contribution in [-0.2, 0) is 32.1 Å². The standard InChI is InChI=1S/C24H37N5O5S3/c1-15(30)27-14-37-13-20(26-10-18(25)12-35)23(32)29-11-17-6-4-3-5-16(17)9-21(29)22(31)28-19(24(33)34)7-8-36-2/h3-6,18-21,26,35H,7-14,25H2,1-2H3,(H,27,30)(H,28,31)(H,33,34)/t18?,19-,20-,21-/m0/s1. The molecule has 0 saturated heterocycles. The monoisotopic (exact) mass is 571 g/mol. The first-order chi connectivity index (χ1) is 17.7. The molecule has 4 atom stereocenters. The van der Waals surface area contributed by atoms with Crippen LogP contribution in [0, 0.1) is 0 Å². The molecule has 1 aromatic rings. The van der Waals surface area contributed by atoms with E-state index in [0.29, 0.717) is 29.7 Å². The Morgan fingerprint density at radius 1 is 1.22 bits per heavy atom. The van der Waals surface area contributed by atoms with E-state index in [2.05, 4.69) is 28.6 Å². The maximum Gasteiger partial charge on any atom is 0.326 e. The van der Waals surface area contributed by atoms with E-state index in [1.165, 1.54) is 35.3 Å². The van der Waals surface area contributed by atoms with Crippen molar-refractivity contribution in [3.05, 3.63) is 35.4 Å². The summed E-state index contributed by atoms with van der Waals surface area (Å²) < 4.78 is 0. The van der Waals surface area contributed by atoms with Crippen molar-refractivity contribution in [2.75, 3.05) is 35.9 Å². The number of thioether (sulfide) groups is 2. The zero-order chi connectivity index (χ0) is 27.4. The molecular weight excluding hydrogens is 534 g/mol. The molecule has 13 heteroatoms. The highest BCUT2D eigenvalue weighted by Crippen LogP contribution is 2.25. The van der Waals surface area contributed by atoms with Crippen LogP contribution >= 0.6 is 36.2 Å². The number of nitrogens with one attached hydrogen (secondary N) is 3. The lowest BCUT2D eigenvalue weighted by Gasteiger charge is -2.38. The maximum absolute atomic E-state index is 13.8. The van der Waals surface area contributed by atoms with Gasteiger partial charge in [0, 0.05) is 44.0 Å². The van der Waals surface area contributed by atoms with E-state index in [4.69, 9.17) is 5.73 Å². The summed E-state index contributed by atoms with van der Waals surface area (Å²) in [4.78, 5) is 51.7. The predicted molar refractivity (Wildman–Crippen MR) is 152 cm³/mol. The number of hydrogen-bond acceptors (Lipinski definition) is 9. The van der Waals surface area contributed by atoms with Gasteiger partial charge < -0.3 is 31.7 Å². The number of aliphatic carboxylic acids is 1. The first-order valence-corrected chi connectivity index (χ1v) is 15.2. The van der Waals surface area contributed by atoms with Crippen LogP contribution in [0.2, 0.25) is 0 Å². The van der Waals surface area contributed by atoms with E-state index in [-0.39, 0.29) is 37.2 Å². The third-order valence-electron chi connectivity index (χ3n) is 5.93. The van der Waals surface area contributed by atoms with Crippen molar-refractivity contribution in [3.8, 4) is 0 Å². The molecule has 0 saturated carbocycles. The fourth-order valence-corrected chi connectivity index (χ4v) is 5.37. The van der Waals surface area contributed by atoms with Crippen LogP contribution in [0.25, 0.3) is 0 Å². The summed E-state index contributed by atoms with van der Waals surface area (Å²) in [5.41, 5.74) is 7.89. The predicted octanol–water partition coefficient (Wildman–Crippen LogP) is 0.305. The van der Waals surface area contributed by atoms with Crippen LogP contribution < -0.4 is 21.7 Å².